The molecule has 1 aromatic carbocycles. The van der Waals surface area contributed by atoms with Gasteiger partial charge in [-0.15, -0.1) is 0 Å². The molecule has 278 valence electrons. The van der Waals surface area contributed by atoms with E-state index in [0.717, 1.165) is 31.2 Å². The van der Waals surface area contributed by atoms with Crippen LogP contribution in [0.25, 0.3) is 6.08 Å². The van der Waals surface area contributed by atoms with Gasteiger partial charge in [-0.05, 0) is 82.7 Å². The zero-order chi connectivity index (χ0) is 36.9. The van der Waals surface area contributed by atoms with Crippen LogP contribution < -0.4 is 10.6 Å². The topological polar surface area (TPSA) is 170 Å². The van der Waals surface area contributed by atoms with Crippen molar-refractivity contribution in [3.05, 3.63) is 53.1 Å². The maximum atomic E-state index is 13.4. The molecule has 0 bridgehead atoms. The maximum absolute atomic E-state index is 13.4. The number of rotatable bonds is 15. The van der Waals surface area contributed by atoms with E-state index in [4.69, 9.17) is 18.9 Å². The summed E-state index contributed by atoms with van der Waals surface area (Å²) in [7, 11) is 3.33. The number of nitrogens with zero attached hydrogens (tertiary/aromatic N) is 1. The van der Waals surface area contributed by atoms with Crippen LogP contribution in [0.3, 0.4) is 0 Å². The Labute approximate surface area is 299 Å². The zero-order valence-electron chi connectivity index (χ0n) is 30.1. The molecule has 2 saturated carbocycles. The molecule has 3 aliphatic carbocycles. The van der Waals surface area contributed by atoms with Crippen molar-refractivity contribution >= 4 is 35.7 Å². The molecular formula is C38H51N3O10. The van der Waals surface area contributed by atoms with Gasteiger partial charge in [0.1, 0.15) is 23.9 Å². The van der Waals surface area contributed by atoms with E-state index in [9.17, 15) is 29.1 Å². The highest BCUT2D eigenvalue weighted by atomic mass is 16.8. The second-order valence-corrected chi connectivity index (χ2v) is 15.0. The summed E-state index contributed by atoms with van der Waals surface area (Å²) in [6.07, 6.45) is 7.22. The number of benzene rings is 1. The Balaban J connectivity index is 1.19. The van der Waals surface area contributed by atoms with Crippen LogP contribution in [0.5, 0.6) is 0 Å². The van der Waals surface area contributed by atoms with Crippen LogP contribution in [0.2, 0.25) is 0 Å². The van der Waals surface area contributed by atoms with E-state index in [1.807, 2.05) is 0 Å². The number of nitrogens with one attached hydrogen (secondary N) is 2. The van der Waals surface area contributed by atoms with E-state index in [1.165, 1.54) is 11.0 Å². The average Bonchev–Trinajstić information content (AvgIpc) is 4.02. The van der Waals surface area contributed by atoms with Crippen molar-refractivity contribution in [1.29, 1.82) is 0 Å². The molecule has 3 N–H and O–H groups in total. The summed E-state index contributed by atoms with van der Waals surface area (Å²) in [5.74, 6) is -2.15. The maximum Gasteiger partial charge on any atom is 0.338 e. The number of fused-ring (bicyclic) bond motifs is 1. The van der Waals surface area contributed by atoms with E-state index < -0.39 is 53.6 Å². The summed E-state index contributed by atoms with van der Waals surface area (Å²) in [5, 5.41) is 15.2. The van der Waals surface area contributed by atoms with E-state index in [2.05, 4.69) is 10.6 Å². The first kappa shape index (κ1) is 38.2. The summed E-state index contributed by atoms with van der Waals surface area (Å²) >= 11 is 0. The van der Waals surface area contributed by atoms with Crippen molar-refractivity contribution in [2.45, 2.75) is 108 Å². The molecule has 1 saturated heterocycles. The highest BCUT2D eigenvalue weighted by Crippen LogP contribution is 2.59. The smallest absolute Gasteiger partial charge is 0.338 e. The van der Waals surface area contributed by atoms with Gasteiger partial charge in [0.25, 0.3) is 0 Å². The van der Waals surface area contributed by atoms with Crippen molar-refractivity contribution in [2.75, 3.05) is 27.2 Å². The number of amides is 3. The summed E-state index contributed by atoms with van der Waals surface area (Å²) in [4.78, 5) is 64.8. The number of hydrogen-bond acceptors (Lipinski definition) is 10. The number of carbonyl (C=O) groups excluding carboxylic acids is 5. The lowest BCUT2D eigenvalue weighted by molar-refractivity contribution is -0.209. The van der Waals surface area contributed by atoms with Crippen LogP contribution in [0.1, 0.15) is 88.1 Å². The van der Waals surface area contributed by atoms with E-state index >= 15 is 0 Å². The number of aliphatic hydroxyl groups excluding tert-OH is 1. The van der Waals surface area contributed by atoms with Crippen LogP contribution in [-0.4, -0.2) is 103 Å². The van der Waals surface area contributed by atoms with Gasteiger partial charge in [-0.1, -0.05) is 12.1 Å². The number of aliphatic hydroxyl groups is 1. The molecule has 51 heavy (non-hydrogen) atoms. The van der Waals surface area contributed by atoms with Gasteiger partial charge in [-0.2, -0.15) is 0 Å². The molecular weight excluding hydrogens is 658 g/mol. The molecule has 1 aliphatic heterocycles. The Bertz CT molecular complexity index is 1510. The van der Waals surface area contributed by atoms with Gasteiger partial charge in [0.05, 0.1) is 18.2 Å². The summed E-state index contributed by atoms with van der Waals surface area (Å²) in [6, 6.07) is 6.06. The van der Waals surface area contributed by atoms with Crippen molar-refractivity contribution in [1.82, 2.24) is 15.5 Å². The third-order valence-electron chi connectivity index (χ3n) is 9.31. The second-order valence-electron chi connectivity index (χ2n) is 15.0. The second kappa shape index (κ2) is 16.1. The zero-order valence-corrected chi connectivity index (χ0v) is 30.1. The van der Waals surface area contributed by atoms with Crippen LogP contribution in [-0.2, 0) is 38.1 Å². The van der Waals surface area contributed by atoms with Gasteiger partial charge in [-0.3, -0.25) is 19.2 Å². The third kappa shape index (κ3) is 10.3. The average molecular weight is 710 g/mol. The van der Waals surface area contributed by atoms with Crippen LogP contribution in [0, 0.1) is 11.8 Å². The Morgan fingerprint density at radius 3 is 2.27 bits per heavy atom. The Morgan fingerprint density at radius 1 is 1.02 bits per heavy atom. The molecule has 4 atom stereocenters. The molecule has 0 aromatic heterocycles. The van der Waals surface area contributed by atoms with Gasteiger partial charge in [0.2, 0.25) is 17.7 Å². The molecule has 5 rings (SSSR count). The minimum Gasteiger partial charge on any atom is -0.460 e. The van der Waals surface area contributed by atoms with Gasteiger partial charge < -0.3 is 39.6 Å². The molecule has 13 heteroatoms. The van der Waals surface area contributed by atoms with Crippen LogP contribution >= 0.6 is 0 Å². The number of esters is 2. The van der Waals surface area contributed by atoms with E-state index in [0.29, 0.717) is 11.1 Å². The molecule has 0 radical (unpaired) electrons. The summed E-state index contributed by atoms with van der Waals surface area (Å²) in [5.41, 5.74) is 0.806. The lowest BCUT2D eigenvalue weighted by atomic mass is 9.91. The highest BCUT2D eigenvalue weighted by Gasteiger charge is 2.64. The highest BCUT2D eigenvalue weighted by molar-refractivity contribution is 5.95. The first-order valence-corrected chi connectivity index (χ1v) is 17.8. The van der Waals surface area contributed by atoms with Crippen molar-refractivity contribution in [3.63, 3.8) is 0 Å². The number of hydrogen-bond donors (Lipinski definition) is 3. The quantitative estimate of drug-likeness (QED) is 0.182. The fraction of sp³-hybridized carbons (Fsp3) is 0.605. The lowest BCUT2D eigenvalue weighted by Gasteiger charge is -2.31. The normalized spacial score (nSPS) is 23.1. The fourth-order valence-electron chi connectivity index (χ4n) is 6.42. The van der Waals surface area contributed by atoms with Crippen LogP contribution in [0.15, 0.2) is 42.0 Å². The number of ether oxygens (including phenoxy) is 4. The largest absolute Gasteiger partial charge is 0.460 e. The molecule has 0 spiro atoms. The molecule has 1 aromatic rings. The van der Waals surface area contributed by atoms with Crippen molar-refractivity contribution in [3.8, 4) is 0 Å². The minimum absolute atomic E-state index is 0.0249. The molecule has 3 amide bonds. The first-order chi connectivity index (χ1) is 24.2. The molecule has 3 fully saturated rings. The third-order valence-corrected chi connectivity index (χ3v) is 9.31. The molecule has 0 unspecified atom stereocenters. The van der Waals surface area contributed by atoms with Gasteiger partial charge in [0.15, 0.2) is 5.79 Å². The van der Waals surface area contributed by atoms with Crippen LogP contribution in [0.4, 0.5) is 0 Å². The number of likely N-dealkylation sites (N-methyl/N-ethyl adjacent to an activating group) is 1. The molecule has 13 nitrogen and oxygen atoms in total. The van der Waals surface area contributed by atoms with Gasteiger partial charge in [0, 0.05) is 63.4 Å². The first-order valence-electron chi connectivity index (χ1n) is 17.8. The predicted molar refractivity (Wildman–Crippen MR) is 186 cm³/mol. The molecule has 1 heterocycles. The Kier molecular flexibility index (Phi) is 12.0. The monoisotopic (exact) mass is 709 g/mol. The van der Waals surface area contributed by atoms with Crippen molar-refractivity contribution < 1.29 is 48.0 Å². The van der Waals surface area contributed by atoms with Gasteiger partial charge >= 0.3 is 11.9 Å². The SMILES string of the molecule is CN(C)C(=O)C=Cc1ccc(C(=O)O[C@@H]2CC(C(=O)NCCC(=O)N[C@H](CO)CCC(=O)OC(C)(C)C)=C[C@H]3OC(C4CC4)(C4CC4)O[C@H]32)cc1. The number of carbonyl (C=O) groups is 5. The van der Waals surface area contributed by atoms with Gasteiger partial charge in [-0.25, -0.2) is 4.79 Å². The van der Waals surface area contributed by atoms with E-state index in [-0.39, 0.29) is 62.5 Å². The predicted octanol–water partition coefficient (Wildman–Crippen LogP) is 3.05. The lowest BCUT2D eigenvalue weighted by Crippen LogP contribution is -2.44. The minimum atomic E-state index is -0.788. The summed E-state index contributed by atoms with van der Waals surface area (Å²) in [6.45, 7) is 4.97. The summed E-state index contributed by atoms with van der Waals surface area (Å²) < 4.78 is 24.6. The van der Waals surface area contributed by atoms with Crippen molar-refractivity contribution in [2.24, 2.45) is 11.8 Å². The molecule has 4 aliphatic rings. The fourth-order valence-corrected chi connectivity index (χ4v) is 6.42. The Hall–Kier alpha value is -4.07. The van der Waals surface area contributed by atoms with E-state index in [1.54, 1.807) is 71.3 Å². The Morgan fingerprint density at radius 2 is 1.69 bits per heavy atom. The standard InChI is InChI=1S/C38H51N3O10/c1-37(2,3)50-33(45)17-15-28(22-42)40-31(43)18-19-39-35(46)25-20-29(34-30(21-25)49-38(51-34,26-11-12-26)27-13-14-27)48-36(47)24-9-6-23(7-10-24)8-16-32(44)41(4)5/h6-10,16,21,26-30,34,42H,11-15,17-20,22H2,1-5H3,(H,39,46)(H,40,43)/t28-,29+,30+,34-/m0/s1.